The molecule has 2 amide bonds. The van der Waals surface area contributed by atoms with Gasteiger partial charge in [0.25, 0.3) is 5.91 Å². The Balaban J connectivity index is 1.06. The lowest BCUT2D eigenvalue weighted by molar-refractivity contribution is -0.127. The summed E-state index contributed by atoms with van der Waals surface area (Å²) in [6.45, 7) is 9.43. The number of aliphatic imine (C=N–C) groups is 2. The summed E-state index contributed by atoms with van der Waals surface area (Å²) >= 11 is 0. The van der Waals surface area contributed by atoms with Gasteiger partial charge in [-0.1, -0.05) is 19.1 Å². The summed E-state index contributed by atoms with van der Waals surface area (Å²) < 4.78 is 0. The number of carbonyl (C=O) groups excluding carboxylic acids is 2. The molecular formula is C26H39N7O2. The van der Waals surface area contributed by atoms with Crippen LogP contribution in [0.1, 0.15) is 32.6 Å². The smallest absolute Gasteiger partial charge is 0.269 e. The molecule has 0 aromatic rings. The van der Waals surface area contributed by atoms with Crippen molar-refractivity contribution < 1.29 is 9.59 Å². The number of nitrogens with zero attached hydrogens (tertiary/aromatic N) is 4. The highest BCUT2D eigenvalue weighted by Crippen LogP contribution is 2.25. The topological polar surface area (TPSA) is 101 Å². The number of hydrogen-bond acceptors (Lipinski definition) is 7. The summed E-state index contributed by atoms with van der Waals surface area (Å²) in [5.41, 5.74) is 1.75. The minimum absolute atomic E-state index is 0.0398. The van der Waals surface area contributed by atoms with E-state index in [1.807, 2.05) is 12.3 Å². The Morgan fingerprint density at radius 1 is 1.20 bits per heavy atom. The SMILES string of the molecule is CCC1CC2N=CC(CN3CCN(C4C=CC(C(=O)NC5CCNCC5)=NC4)CC3)=CC2NC1=O. The number of piperazine rings is 1. The largest absolute Gasteiger partial charge is 0.348 e. The van der Waals surface area contributed by atoms with Gasteiger partial charge in [-0.2, -0.15) is 0 Å². The second-order valence-corrected chi connectivity index (χ2v) is 10.4. The van der Waals surface area contributed by atoms with E-state index >= 15 is 0 Å². The van der Waals surface area contributed by atoms with Crippen LogP contribution in [0, 0.1) is 5.92 Å². The van der Waals surface area contributed by atoms with Crippen LogP contribution in [-0.2, 0) is 9.59 Å². The van der Waals surface area contributed by atoms with Crippen molar-refractivity contribution in [2.24, 2.45) is 15.9 Å². The first-order valence-electron chi connectivity index (χ1n) is 13.3. The maximum absolute atomic E-state index is 12.5. The van der Waals surface area contributed by atoms with Gasteiger partial charge in [0.15, 0.2) is 0 Å². The zero-order valence-electron chi connectivity index (χ0n) is 20.8. The summed E-state index contributed by atoms with van der Waals surface area (Å²) in [5.74, 6) is 0.222. The second-order valence-electron chi connectivity index (χ2n) is 10.4. The monoisotopic (exact) mass is 481 g/mol. The van der Waals surface area contributed by atoms with Crippen LogP contribution in [0.15, 0.2) is 33.8 Å². The zero-order chi connectivity index (χ0) is 24.2. The molecule has 0 aliphatic carbocycles. The third-order valence-corrected chi connectivity index (χ3v) is 8.05. The van der Waals surface area contributed by atoms with Crippen molar-refractivity contribution in [1.82, 2.24) is 25.8 Å². The highest BCUT2D eigenvalue weighted by atomic mass is 16.2. The van der Waals surface area contributed by atoms with E-state index in [0.717, 1.165) is 71.5 Å². The minimum atomic E-state index is -0.0413. The van der Waals surface area contributed by atoms with Crippen molar-refractivity contribution in [2.75, 3.05) is 52.4 Å². The predicted molar refractivity (Wildman–Crippen MR) is 138 cm³/mol. The van der Waals surface area contributed by atoms with Crippen molar-refractivity contribution in [2.45, 2.75) is 56.8 Å². The minimum Gasteiger partial charge on any atom is -0.348 e. The van der Waals surface area contributed by atoms with E-state index in [2.05, 4.69) is 49.8 Å². The van der Waals surface area contributed by atoms with Gasteiger partial charge in [-0.3, -0.25) is 29.4 Å². The molecule has 3 saturated heterocycles. The highest BCUT2D eigenvalue weighted by Gasteiger charge is 2.35. The van der Waals surface area contributed by atoms with Gasteiger partial charge in [0.1, 0.15) is 5.71 Å². The van der Waals surface area contributed by atoms with Gasteiger partial charge >= 0.3 is 0 Å². The van der Waals surface area contributed by atoms with Crippen LogP contribution in [0.2, 0.25) is 0 Å². The molecule has 0 aromatic carbocycles. The molecule has 3 N–H and O–H groups in total. The van der Waals surface area contributed by atoms with Crippen molar-refractivity contribution in [3.63, 3.8) is 0 Å². The molecule has 5 rings (SSSR count). The van der Waals surface area contributed by atoms with E-state index in [0.29, 0.717) is 12.3 Å². The van der Waals surface area contributed by atoms with E-state index in [-0.39, 0.29) is 41.9 Å². The summed E-state index contributed by atoms with van der Waals surface area (Å²) in [7, 11) is 0. The number of nitrogens with one attached hydrogen (secondary N) is 3. The number of hydrogen-bond donors (Lipinski definition) is 3. The summed E-state index contributed by atoms with van der Waals surface area (Å²) in [6.07, 6.45) is 12.0. The highest BCUT2D eigenvalue weighted by molar-refractivity contribution is 6.43. The fourth-order valence-corrected chi connectivity index (χ4v) is 5.77. The molecular weight excluding hydrogens is 442 g/mol. The summed E-state index contributed by atoms with van der Waals surface area (Å²) in [4.78, 5) is 39.1. The number of rotatable bonds is 6. The van der Waals surface area contributed by atoms with E-state index in [1.54, 1.807) is 0 Å². The molecule has 0 bridgehead atoms. The van der Waals surface area contributed by atoms with Crippen LogP contribution in [0.3, 0.4) is 0 Å². The maximum atomic E-state index is 12.5. The number of carbonyl (C=O) groups is 2. The molecule has 5 heterocycles. The van der Waals surface area contributed by atoms with Crippen LogP contribution < -0.4 is 16.0 Å². The molecule has 0 radical (unpaired) electrons. The lowest BCUT2D eigenvalue weighted by Crippen LogP contribution is -2.53. The number of amides is 2. The van der Waals surface area contributed by atoms with Gasteiger partial charge in [0, 0.05) is 56.9 Å². The Kier molecular flexibility index (Phi) is 7.75. The van der Waals surface area contributed by atoms with Gasteiger partial charge in [-0.25, -0.2) is 0 Å². The van der Waals surface area contributed by atoms with Gasteiger partial charge < -0.3 is 16.0 Å². The van der Waals surface area contributed by atoms with Crippen LogP contribution in [0.4, 0.5) is 0 Å². The molecule has 4 atom stereocenters. The first-order valence-corrected chi connectivity index (χ1v) is 13.3. The van der Waals surface area contributed by atoms with Crippen LogP contribution in [0.5, 0.6) is 0 Å². The molecule has 0 spiro atoms. The van der Waals surface area contributed by atoms with Crippen LogP contribution in [-0.4, -0.2) is 110 Å². The van der Waals surface area contributed by atoms with Crippen molar-refractivity contribution in [3.05, 3.63) is 23.8 Å². The Morgan fingerprint density at radius 2 is 2.00 bits per heavy atom. The molecule has 9 heteroatoms. The second kappa shape index (κ2) is 11.1. The van der Waals surface area contributed by atoms with Crippen LogP contribution >= 0.6 is 0 Å². The average Bonchev–Trinajstić information content (AvgIpc) is 2.89. The lowest BCUT2D eigenvalue weighted by Gasteiger charge is -2.39. The van der Waals surface area contributed by atoms with Crippen molar-refractivity contribution >= 4 is 23.7 Å². The Labute approximate surface area is 208 Å². The fourth-order valence-electron chi connectivity index (χ4n) is 5.77. The van der Waals surface area contributed by atoms with E-state index < -0.39 is 0 Å². The first kappa shape index (κ1) is 24.3. The van der Waals surface area contributed by atoms with Gasteiger partial charge in [0.05, 0.1) is 18.6 Å². The van der Waals surface area contributed by atoms with Crippen LogP contribution in [0.25, 0.3) is 0 Å². The third kappa shape index (κ3) is 5.90. The van der Waals surface area contributed by atoms with Crippen molar-refractivity contribution in [1.29, 1.82) is 0 Å². The average molecular weight is 482 g/mol. The van der Waals surface area contributed by atoms with Gasteiger partial charge in [-0.15, -0.1) is 0 Å². The normalized spacial score (nSPS) is 32.4. The quantitative estimate of drug-likeness (QED) is 0.501. The molecule has 190 valence electrons. The number of dihydropyridines is 2. The van der Waals surface area contributed by atoms with E-state index in [4.69, 9.17) is 4.99 Å². The molecule has 35 heavy (non-hydrogen) atoms. The number of fused-ring (bicyclic) bond motifs is 1. The molecule has 9 nitrogen and oxygen atoms in total. The molecule has 0 aromatic heterocycles. The fraction of sp³-hybridized carbons (Fsp3) is 0.692. The third-order valence-electron chi connectivity index (χ3n) is 8.05. The molecule has 5 aliphatic rings. The first-order chi connectivity index (χ1) is 17.1. The van der Waals surface area contributed by atoms with E-state index in [1.165, 1.54) is 5.57 Å². The Morgan fingerprint density at radius 3 is 2.71 bits per heavy atom. The zero-order valence-corrected chi connectivity index (χ0v) is 20.8. The molecule has 5 aliphatic heterocycles. The molecule has 0 saturated carbocycles. The van der Waals surface area contributed by atoms with Gasteiger partial charge in [-0.05, 0) is 50.4 Å². The van der Waals surface area contributed by atoms with E-state index in [9.17, 15) is 9.59 Å². The molecule has 3 fully saturated rings. The predicted octanol–water partition coefficient (Wildman–Crippen LogP) is 0.146. The summed E-state index contributed by atoms with van der Waals surface area (Å²) in [5, 5.41) is 9.62. The Hall–Kier alpha value is -2.36. The lowest BCUT2D eigenvalue weighted by atomic mass is 9.86. The van der Waals surface area contributed by atoms with Gasteiger partial charge in [0.2, 0.25) is 5.91 Å². The number of piperidine rings is 2. The standard InChI is InChI=1S/C26H39N7O2/c1-2-19-14-23-24(31-25(19)34)13-18(15-28-23)17-32-9-11-33(12-10-32)21-3-4-22(29-16-21)26(35)30-20-5-7-27-8-6-20/h3-4,13,15,19-21,23-24,27H,2,5-12,14,16-17H2,1H3,(H,30,35)(H,31,34). The molecule has 4 unspecified atom stereocenters. The maximum Gasteiger partial charge on any atom is 0.269 e. The summed E-state index contributed by atoms with van der Waals surface area (Å²) in [6, 6.07) is 0.734. The Bertz CT molecular complexity index is 913. The van der Waals surface area contributed by atoms with Crippen molar-refractivity contribution in [3.8, 4) is 0 Å².